The Bertz CT molecular complexity index is 761. The second-order valence-electron chi connectivity index (χ2n) is 8.61. The summed E-state index contributed by atoms with van der Waals surface area (Å²) in [4.78, 5) is 15.9. The lowest BCUT2D eigenvalue weighted by molar-refractivity contribution is -0.0585. The molecule has 1 aromatic carbocycles. The topological polar surface area (TPSA) is 44.7 Å². The van der Waals surface area contributed by atoms with Gasteiger partial charge < -0.3 is 19.4 Å². The number of likely N-dealkylation sites (tertiary alicyclic amines) is 1. The van der Waals surface area contributed by atoms with E-state index in [0.717, 1.165) is 69.4 Å². The zero-order chi connectivity index (χ0) is 21.6. The highest BCUT2D eigenvalue weighted by Crippen LogP contribution is 2.35. The maximum atomic E-state index is 5.79. The van der Waals surface area contributed by atoms with Gasteiger partial charge in [0.2, 0.25) is 5.95 Å². The van der Waals surface area contributed by atoms with Gasteiger partial charge in [-0.2, -0.15) is 0 Å². The first kappa shape index (κ1) is 22.7. The molecule has 2 aromatic rings. The number of ether oxygens (including phenoxy) is 1. The van der Waals surface area contributed by atoms with Crippen molar-refractivity contribution in [2.45, 2.75) is 32.3 Å². The number of rotatable bonds is 3. The van der Waals surface area contributed by atoms with Crippen molar-refractivity contribution >= 4 is 5.95 Å². The van der Waals surface area contributed by atoms with E-state index in [0.29, 0.717) is 0 Å². The SMILES string of the molecule is COC1(c2ccccc2)CCN(C)CC1.Cc1cc(C)nc(N2CCN(C)CC2)n1. The lowest BCUT2D eigenvalue weighted by atomic mass is 9.84. The Morgan fingerprint density at radius 3 is 1.87 bits per heavy atom. The van der Waals surface area contributed by atoms with E-state index in [-0.39, 0.29) is 5.60 Å². The molecular formula is C24H37N5O. The van der Waals surface area contributed by atoms with Gasteiger partial charge in [0.1, 0.15) is 0 Å². The molecular weight excluding hydrogens is 374 g/mol. The van der Waals surface area contributed by atoms with E-state index in [9.17, 15) is 0 Å². The maximum absolute atomic E-state index is 5.79. The normalized spacial score (nSPS) is 19.8. The van der Waals surface area contributed by atoms with Crippen molar-refractivity contribution in [3.63, 3.8) is 0 Å². The highest BCUT2D eigenvalue weighted by Gasteiger charge is 2.35. The Labute approximate surface area is 181 Å². The van der Waals surface area contributed by atoms with Gasteiger partial charge >= 0.3 is 0 Å². The number of likely N-dealkylation sites (N-methyl/N-ethyl adjacent to an activating group) is 1. The van der Waals surface area contributed by atoms with Gasteiger partial charge in [-0.3, -0.25) is 0 Å². The summed E-state index contributed by atoms with van der Waals surface area (Å²) < 4.78 is 5.79. The second kappa shape index (κ2) is 10.3. The number of hydrogen-bond acceptors (Lipinski definition) is 6. The molecule has 1 aromatic heterocycles. The minimum absolute atomic E-state index is 0.0478. The third-order valence-electron chi connectivity index (χ3n) is 6.24. The van der Waals surface area contributed by atoms with Gasteiger partial charge in [0.05, 0.1) is 5.60 Å². The van der Waals surface area contributed by atoms with E-state index >= 15 is 0 Å². The van der Waals surface area contributed by atoms with Gasteiger partial charge in [0.15, 0.2) is 0 Å². The van der Waals surface area contributed by atoms with Crippen LogP contribution < -0.4 is 4.90 Å². The van der Waals surface area contributed by atoms with Crippen LogP contribution in [0.15, 0.2) is 36.4 Å². The average molecular weight is 412 g/mol. The van der Waals surface area contributed by atoms with Crippen LogP contribution in [0.2, 0.25) is 0 Å². The van der Waals surface area contributed by atoms with Crippen LogP contribution in [0.3, 0.4) is 0 Å². The molecule has 164 valence electrons. The van der Waals surface area contributed by atoms with E-state index in [4.69, 9.17) is 4.74 Å². The molecule has 0 radical (unpaired) electrons. The number of hydrogen-bond donors (Lipinski definition) is 0. The summed E-state index contributed by atoms with van der Waals surface area (Å²) in [6.07, 6.45) is 2.17. The molecule has 2 aliphatic rings. The van der Waals surface area contributed by atoms with Gasteiger partial charge in [-0.1, -0.05) is 30.3 Å². The number of piperazine rings is 1. The third kappa shape index (κ3) is 5.78. The molecule has 6 heteroatoms. The number of methoxy groups -OCH3 is 1. The Balaban J connectivity index is 0.000000171. The Morgan fingerprint density at radius 1 is 0.800 bits per heavy atom. The number of aryl methyl sites for hydroxylation is 2. The van der Waals surface area contributed by atoms with Gasteiger partial charge in [-0.15, -0.1) is 0 Å². The van der Waals surface area contributed by atoms with Crippen LogP contribution in [0.4, 0.5) is 5.95 Å². The summed E-state index contributed by atoms with van der Waals surface area (Å²) in [6, 6.07) is 12.6. The highest BCUT2D eigenvalue weighted by molar-refractivity contribution is 5.32. The predicted octanol–water partition coefficient (Wildman–Crippen LogP) is 3.10. The molecule has 3 heterocycles. The van der Waals surface area contributed by atoms with E-state index in [1.54, 1.807) is 0 Å². The number of benzene rings is 1. The fraction of sp³-hybridized carbons (Fsp3) is 0.583. The molecule has 0 atom stereocenters. The molecule has 2 aliphatic heterocycles. The zero-order valence-corrected chi connectivity index (χ0v) is 19.3. The Hall–Kier alpha value is -2.02. The predicted molar refractivity (Wildman–Crippen MR) is 123 cm³/mol. The molecule has 2 saturated heterocycles. The molecule has 30 heavy (non-hydrogen) atoms. The van der Waals surface area contributed by atoms with Gasteiger partial charge in [-0.05, 0) is 52.4 Å². The average Bonchev–Trinajstić information content (AvgIpc) is 2.75. The summed E-state index contributed by atoms with van der Waals surface area (Å²) in [5.74, 6) is 0.889. The van der Waals surface area contributed by atoms with Crippen molar-refractivity contribution in [1.29, 1.82) is 0 Å². The fourth-order valence-electron chi connectivity index (χ4n) is 4.19. The lowest BCUT2D eigenvalue weighted by Crippen LogP contribution is -2.45. The van der Waals surface area contributed by atoms with Crippen LogP contribution in [0.1, 0.15) is 29.8 Å². The summed E-state index contributed by atoms with van der Waals surface area (Å²) in [7, 11) is 6.16. The first-order valence-electron chi connectivity index (χ1n) is 11.0. The number of nitrogens with zero attached hydrogens (tertiary/aromatic N) is 5. The maximum Gasteiger partial charge on any atom is 0.225 e. The quantitative estimate of drug-likeness (QED) is 0.773. The molecule has 6 nitrogen and oxygen atoms in total. The fourth-order valence-corrected chi connectivity index (χ4v) is 4.19. The first-order valence-corrected chi connectivity index (χ1v) is 11.0. The van der Waals surface area contributed by atoms with Gasteiger partial charge in [0.25, 0.3) is 0 Å². The van der Waals surface area contributed by atoms with Crippen LogP contribution in [0.5, 0.6) is 0 Å². The Morgan fingerprint density at radius 2 is 1.33 bits per heavy atom. The number of anilines is 1. The molecule has 4 rings (SSSR count). The first-order chi connectivity index (χ1) is 14.4. The zero-order valence-electron chi connectivity index (χ0n) is 19.3. The summed E-state index contributed by atoms with van der Waals surface area (Å²) >= 11 is 0. The minimum atomic E-state index is -0.0478. The van der Waals surface area contributed by atoms with Gasteiger partial charge in [-0.25, -0.2) is 9.97 Å². The Kier molecular flexibility index (Phi) is 7.81. The highest BCUT2D eigenvalue weighted by atomic mass is 16.5. The van der Waals surface area contributed by atoms with Crippen molar-refractivity contribution in [3.05, 3.63) is 53.3 Å². The number of piperidine rings is 1. The molecule has 0 saturated carbocycles. The molecule has 2 fully saturated rings. The van der Waals surface area contributed by atoms with Crippen molar-refractivity contribution in [1.82, 2.24) is 19.8 Å². The molecule has 0 unspecified atom stereocenters. The van der Waals surface area contributed by atoms with E-state index in [1.807, 2.05) is 27.0 Å². The van der Waals surface area contributed by atoms with Crippen LogP contribution >= 0.6 is 0 Å². The molecule has 0 bridgehead atoms. The van der Waals surface area contributed by atoms with Crippen LogP contribution in [0, 0.1) is 13.8 Å². The monoisotopic (exact) mass is 411 g/mol. The van der Waals surface area contributed by atoms with Crippen LogP contribution in [-0.2, 0) is 10.3 Å². The van der Waals surface area contributed by atoms with E-state index < -0.39 is 0 Å². The molecule has 0 amide bonds. The molecule has 0 aliphatic carbocycles. The van der Waals surface area contributed by atoms with Crippen molar-refractivity contribution in [2.75, 3.05) is 65.4 Å². The minimum Gasteiger partial charge on any atom is -0.373 e. The largest absolute Gasteiger partial charge is 0.373 e. The standard InChI is InChI=1S/C13H19NO.C11H18N4/c1-14-10-8-13(15-2,9-11-14)12-6-4-3-5-7-12;1-9-8-10(2)13-11(12-9)15-6-4-14(3)5-7-15/h3-7H,8-11H2,1-2H3;8H,4-7H2,1-3H3. The number of aromatic nitrogens is 2. The van der Waals surface area contributed by atoms with Crippen molar-refractivity contribution in [3.8, 4) is 0 Å². The van der Waals surface area contributed by atoms with Crippen LogP contribution in [-0.4, -0.2) is 80.2 Å². The lowest BCUT2D eigenvalue weighted by Gasteiger charge is -2.40. The van der Waals surface area contributed by atoms with Crippen LogP contribution in [0.25, 0.3) is 0 Å². The second-order valence-corrected chi connectivity index (χ2v) is 8.61. The van der Waals surface area contributed by atoms with E-state index in [1.165, 1.54) is 5.56 Å². The molecule has 0 spiro atoms. The van der Waals surface area contributed by atoms with Crippen molar-refractivity contribution < 1.29 is 4.74 Å². The summed E-state index contributed by atoms with van der Waals surface area (Å²) in [6.45, 7) is 10.5. The smallest absolute Gasteiger partial charge is 0.225 e. The summed E-state index contributed by atoms with van der Waals surface area (Å²) in [5, 5.41) is 0. The van der Waals surface area contributed by atoms with Crippen molar-refractivity contribution in [2.24, 2.45) is 0 Å². The summed E-state index contributed by atoms with van der Waals surface area (Å²) in [5.41, 5.74) is 3.38. The van der Waals surface area contributed by atoms with Gasteiger partial charge in [0, 0.05) is 57.8 Å². The van der Waals surface area contributed by atoms with E-state index in [2.05, 4.69) is 69.1 Å². The third-order valence-corrected chi connectivity index (χ3v) is 6.24. The molecule has 0 N–H and O–H groups in total.